The molecule has 2 saturated carbocycles. The Morgan fingerprint density at radius 3 is 2.78 bits per heavy atom. The summed E-state index contributed by atoms with van der Waals surface area (Å²) in [5.74, 6) is 1.93. The molecule has 0 spiro atoms. The molecule has 0 aromatic carbocycles. The number of amidine groups is 1. The lowest BCUT2D eigenvalue weighted by molar-refractivity contribution is -0.128. The Morgan fingerprint density at radius 1 is 1.35 bits per heavy atom. The number of amides is 2. The molecule has 5 nitrogen and oxygen atoms in total. The maximum Gasteiger partial charge on any atom is 0.264 e. The molecule has 0 radical (unpaired) electrons. The van der Waals surface area contributed by atoms with E-state index in [1.807, 2.05) is 11.8 Å². The summed E-state index contributed by atoms with van der Waals surface area (Å²) in [5.41, 5.74) is 0. The topological polar surface area (TPSA) is 61.8 Å². The number of aliphatic imine (C=N–C) groups is 1. The van der Waals surface area contributed by atoms with Crippen molar-refractivity contribution in [3.05, 3.63) is 0 Å². The fourth-order valence-corrected chi connectivity index (χ4v) is 6.10. The van der Waals surface area contributed by atoms with Crippen LogP contribution in [0.1, 0.15) is 46.0 Å². The molecule has 0 aromatic heterocycles. The lowest BCUT2D eigenvalue weighted by Crippen LogP contribution is -2.40. The van der Waals surface area contributed by atoms with Crippen molar-refractivity contribution in [1.29, 1.82) is 0 Å². The van der Waals surface area contributed by atoms with Crippen molar-refractivity contribution in [3.63, 3.8) is 0 Å². The highest BCUT2D eigenvalue weighted by Crippen LogP contribution is 2.47. The maximum atomic E-state index is 12.6. The summed E-state index contributed by atoms with van der Waals surface area (Å²) in [7, 11) is 0. The first-order valence-corrected chi connectivity index (χ1v) is 9.61. The zero-order valence-electron chi connectivity index (χ0n) is 13.9. The molecule has 6 heteroatoms. The van der Waals surface area contributed by atoms with E-state index in [1.54, 1.807) is 18.7 Å². The third-order valence-electron chi connectivity index (χ3n) is 6.40. The van der Waals surface area contributed by atoms with E-state index in [-0.39, 0.29) is 17.7 Å². The number of thioether (sulfide) groups is 1. The summed E-state index contributed by atoms with van der Waals surface area (Å²) in [4.78, 5) is 30.3. The quantitative estimate of drug-likeness (QED) is 0.839. The van der Waals surface area contributed by atoms with Crippen LogP contribution in [0.15, 0.2) is 4.99 Å². The number of nitrogens with one attached hydrogen (secondary N) is 1. The molecule has 4 rings (SSSR count). The number of hydrogen-bond acceptors (Lipinski definition) is 4. The Kier molecular flexibility index (Phi) is 3.70. The lowest BCUT2D eigenvalue weighted by Gasteiger charge is -2.28. The minimum absolute atomic E-state index is 0.0245. The molecule has 4 aliphatic rings. The van der Waals surface area contributed by atoms with Crippen LogP contribution >= 0.6 is 11.8 Å². The molecule has 1 N–H and O–H groups in total. The number of carbonyl (C=O) groups excluding carboxylic acids is 2. The van der Waals surface area contributed by atoms with Gasteiger partial charge in [0.1, 0.15) is 4.75 Å². The van der Waals surface area contributed by atoms with Gasteiger partial charge in [-0.25, -0.2) is 0 Å². The Labute approximate surface area is 141 Å². The second-order valence-electron chi connectivity index (χ2n) is 7.81. The van der Waals surface area contributed by atoms with Crippen molar-refractivity contribution in [3.8, 4) is 0 Å². The van der Waals surface area contributed by atoms with Crippen LogP contribution in [0.5, 0.6) is 0 Å². The minimum Gasteiger partial charge on any atom is -0.361 e. The number of rotatable bonds is 2. The average molecular weight is 335 g/mol. The highest BCUT2D eigenvalue weighted by atomic mass is 32.2. The van der Waals surface area contributed by atoms with Crippen LogP contribution in [-0.2, 0) is 9.59 Å². The van der Waals surface area contributed by atoms with E-state index in [0.29, 0.717) is 12.6 Å². The molecule has 126 valence electrons. The predicted octanol–water partition coefficient (Wildman–Crippen LogP) is 2.02. The van der Waals surface area contributed by atoms with Crippen molar-refractivity contribution < 1.29 is 9.59 Å². The van der Waals surface area contributed by atoms with E-state index in [1.165, 1.54) is 25.7 Å². The second-order valence-corrected chi connectivity index (χ2v) is 9.25. The first-order chi connectivity index (χ1) is 11.0. The smallest absolute Gasteiger partial charge is 0.264 e. The summed E-state index contributed by atoms with van der Waals surface area (Å²) in [6, 6.07) is 0.507. The molecule has 2 heterocycles. The van der Waals surface area contributed by atoms with Crippen molar-refractivity contribution in [2.45, 2.75) is 56.7 Å². The van der Waals surface area contributed by atoms with Crippen LogP contribution in [0, 0.1) is 17.8 Å². The molecular weight excluding hydrogens is 310 g/mol. The van der Waals surface area contributed by atoms with Crippen LogP contribution < -0.4 is 5.32 Å². The summed E-state index contributed by atoms with van der Waals surface area (Å²) in [6.45, 7) is 5.06. The number of carbonyl (C=O) groups is 2. The van der Waals surface area contributed by atoms with Crippen LogP contribution in [0.2, 0.25) is 0 Å². The number of nitrogens with zero attached hydrogens (tertiary/aromatic N) is 2. The van der Waals surface area contributed by atoms with Gasteiger partial charge >= 0.3 is 0 Å². The van der Waals surface area contributed by atoms with Crippen molar-refractivity contribution in [2.24, 2.45) is 22.7 Å². The third-order valence-corrected chi connectivity index (χ3v) is 7.73. The van der Waals surface area contributed by atoms with Gasteiger partial charge < -0.3 is 10.2 Å². The number of likely N-dealkylation sites (tertiary alicyclic amines) is 1. The Morgan fingerprint density at radius 2 is 2.17 bits per heavy atom. The first-order valence-electron chi connectivity index (χ1n) is 8.80. The Hall–Kier alpha value is -1.04. The molecule has 2 amide bonds. The summed E-state index contributed by atoms with van der Waals surface area (Å²) in [5, 5.41) is 4.38. The Balaban J connectivity index is 1.41. The van der Waals surface area contributed by atoms with Crippen molar-refractivity contribution in [2.75, 3.05) is 13.1 Å². The zero-order chi connectivity index (χ0) is 16.2. The lowest BCUT2D eigenvalue weighted by atomic mass is 9.91. The van der Waals surface area contributed by atoms with E-state index < -0.39 is 4.75 Å². The molecule has 23 heavy (non-hydrogen) atoms. The SMILES string of the molecule is CC(=O)N1CCC(C2(C)SC(N[C@H]3C[C@@H]4CC[C@H]3C4)=NC2=O)C1. The van der Waals surface area contributed by atoms with Crippen molar-refractivity contribution in [1.82, 2.24) is 10.2 Å². The number of fused-ring (bicyclic) bond motifs is 2. The molecule has 2 aliphatic heterocycles. The highest BCUT2D eigenvalue weighted by Gasteiger charge is 2.50. The van der Waals surface area contributed by atoms with Gasteiger partial charge in [0, 0.05) is 32.0 Å². The molecule has 2 aliphatic carbocycles. The van der Waals surface area contributed by atoms with Gasteiger partial charge in [-0.15, -0.1) is 0 Å². The normalized spacial score (nSPS) is 42.4. The van der Waals surface area contributed by atoms with Crippen LogP contribution in [0.4, 0.5) is 0 Å². The van der Waals surface area contributed by atoms with E-state index in [9.17, 15) is 9.59 Å². The second kappa shape index (κ2) is 5.50. The predicted molar refractivity (Wildman–Crippen MR) is 91.2 cm³/mol. The van der Waals surface area contributed by atoms with E-state index in [4.69, 9.17) is 0 Å². The zero-order valence-corrected chi connectivity index (χ0v) is 14.7. The molecular formula is C17H25N3O2S. The van der Waals surface area contributed by atoms with Gasteiger partial charge in [0.05, 0.1) is 0 Å². The minimum atomic E-state index is -0.510. The summed E-state index contributed by atoms with van der Waals surface area (Å²) < 4.78 is -0.510. The molecule has 2 unspecified atom stereocenters. The van der Waals surface area contributed by atoms with Crippen LogP contribution in [0.25, 0.3) is 0 Å². The maximum absolute atomic E-state index is 12.6. The van der Waals surface area contributed by atoms with E-state index in [0.717, 1.165) is 30.0 Å². The van der Waals surface area contributed by atoms with Gasteiger partial charge in [0.15, 0.2) is 5.17 Å². The van der Waals surface area contributed by atoms with Crippen molar-refractivity contribution >= 4 is 28.7 Å². The average Bonchev–Trinajstić information content (AvgIpc) is 3.24. The largest absolute Gasteiger partial charge is 0.361 e. The van der Waals surface area contributed by atoms with Gasteiger partial charge in [-0.05, 0) is 44.4 Å². The number of hydrogen-bond donors (Lipinski definition) is 1. The highest BCUT2D eigenvalue weighted by molar-refractivity contribution is 8.16. The summed E-state index contributed by atoms with van der Waals surface area (Å²) in [6.07, 6.45) is 6.17. The van der Waals surface area contributed by atoms with Gasteiger partial charge in [-0.1, -0.05) is 18.2 Å². The Bertz CT molecular complexity index is 578. The molecule has 3 fully saturated rings. The fraction of sp³-hybridized carbons (Fsp3) is 0.824. The van der Waals surface area contributed by atoms with Crippen LogP contribution in [0.3, 0.4) is 0 Å². The standard InChI is InChI=1S/C17H25N3O2S/c1-10(21)20-6-5-13(9-20)17(2)15(22)19-16(23-17)18-14-8-11-3-4-12(14)7-11/h11-14H,3-9H2,1-2H3,(H,18,19,22)/t11-,12+,13?,14+,17?/m1/s1. The summed E-state index contributed by atoms with van der Waals surface area (Å²) >= 11 is 1.60. The molecule has 5 atom stereocenters. The fourth-order valence-electron chi connectivity index (χ4n) is 4.87. The van der Waals surface area contributed by atoms with Gasteiger partial charge in [-0.2, -0.15) is 4.99 Å². The molecule has 1 saturated heterocycles. The monoisotopic (exact) mass is 335 g/mol. The van der Waals surface area contributed by atoms with Gasteiger partial charge in [-0.3, -0.25) is 9.59 Å². The van der Waals surface area contributed by atoms with Crippen LogP contribution in [-0.4, -0.2) is 45.8 Å². The molecule has 2 bridgehead atoms. The van der Waals surface area contributed by atoms with Gasteiger partial charge in [0.2, 0.25) is 5.91 Å². The third kappa shape index (κ3) is 2.59. The van der Waals surface area contributed by atoms with Gasteiger partial charge in [0.25, 0.3) is 5.91 Å². The first kappa shape index (κ1) is 15.5. The van der Waals surface area contributed by atoms with E-state index in [2.05, 4.69) is 10.3 Å². The van der Waals surface area contributed by atoms with E-state index >= 15 is 0 Å². The molecule has 0 aromatic rings.